The van der Waals surface area contributed by atoms with Crippen LogP contribution >= 0.6 is 0 Å². The Bertz CT molecular complexity index is 977. The average Bonchev–Trinajstić information content (AvgIpc) is 2.70. The highest BCUT2D eigenvalue weighted by molar-refractivity contribution is 5.94. The van der Waals surface area contributed by atoms with E-state index in [4.69, 9.17) is 0 Å². The Morgan fingerprint density at radius 3 is 2.52 bits per heavy atom. The Morgan fingerprint density at radius 2 is 1.81 bits per heavy atom. The number of nitrogens with zero attached hydrogens (tertiary/aromatic N) is 2. The van der Waals surface area contributed by atoms with E-state index in [9.17, 15) is 9.59 Å². The van der Waals surface area contributed by atoms with Gasteiger partial charge in [0.2, 0.25) is 0 Å². The lowest BCUT2D eigenvalue weighted by atomic mass is 10.1. The molecule has 3 aromatic rings. The minimum Gasteiger partial charge on any atom is -0.331 e. The maximum absolute atomic E-state index is 12.9. The first-order chi connectivity index (χ1) is 13.1. The predicted octanol–water partition coefficient (Wildman–Crippen LogP) is 3.93. The smallest absolute Gasteiger partial charge is 0.258 e. The topological polar surface area (TPSA) is 66.1 Å². The zero-order valence-electron chi connectivity index (χ0n) is 15.9. The van der Waals surface area contributed by atoms with Crippen molar-refractivity contribution in [3.05, 3.63) is 75.8 Å². The van der Waals surface area contributed by atoms with Gasteiger partial charge in [0.05, 0.1) is 17.4 Å². The Hall–Kier alpha value is -2.95. The number of hydrogen-bond acceptors (Lipinski definition) is 3. The lowest BCUT2D eigenvalue weighted by molar-refractivity contribution is 0.0748. The summed E-state index contributed by atoms with van der Waals surface area (Å²) in [4.78, 5) is 34.1. The van der Waals surface area contributed by atoms with Crippen molar-refractivity contribution >= 4 is 16.8 Å². The summed E-state index contributed by atoms with van der Waals surface area (Å²) >= 11 is 0. The van der Waals surface area contributed by atoms with E-state index in [-0.39, 0.29) is 18.0 Å². The van der Waals surface area contributed by atoms with Crippen LogP contribution in [0.3, 0.4) is 0 Å². The van der Waals surface area contributed by atoms with Gasteiger partial charge in [-0.3, -0.25) is 9.59 Å². The van der Waals surface area contributed by atoms with Crippen LogP contribution in [-0.4, -0.2) is 27.3 Å². The number of amides is 1. The molecule has 0 spiro atoms. The van der Waals surface area contributed by atoms with E-state index in [1.807, 2.05) is 43.3 Å². The van der Waals surface area contributed by atoms with Crippen molar-refractivity contribution in [1.82, 2.24) is 14.9 Å². The summed E-state index contributed by atoms with van der Waals surface area (Å²) < 4.78 is 0. The highest BCUT2D eigenvalue weighted by Crippen LogP contribution is 2.12. The maximum Gasteiger partial charge on any atom is 0.258 e. The van der Waals surface area contributed by atoms with Crippen molar-refractivity contribution in [3.63, 3.8) is 0 Å². The van der Waals surface area contributed by atoms with E-state index in [1.165, 1.54) is 5.56 Å². The van der Waals surface area contributed by atoms with Gasteiger partial charge in [-0.2, -0.15) is 0 Å². The molecule has 0 aliphatic carbocycles. The highest BCUT2D eigenvalue weighted by Gasteiger charge is 2.16. The third-order valence-electron chi connectivity index (χ3n) is 4.69. The third kappa shape index (κ3) is 4.42. The summed E-state index contributed by atoms with van der Waals surface area (Å²) in [5.74, 6) is 0.434. The molecular formula is C22H25N3O2. The van der Waals surface area contributed by atoms with Crippen molar-refractivity contribution < 1.29 is 4.79 Å². The molecule has 0 saturated heterocycles. The zero-order chi connectivity index (χ0) is 19.2. The SMILES string of the molecule is CCCCc1ccc(C(=O)N(CC)Cc2nc3ccccc3c(=O)[nH]2)cc1. The molecule has 0 saturated carbocycles. The molecule has 0 unspecified atom stereocenters. The van der Waals surface area contributed by atoms with E-state index >= 15 is 0 Å². The molecule has 1 aromatic heterocycles. The molecule has 2 aromatic carbocycles. The van der Waals surface area contributed by atoms with Crippen LogP contribution < -0.4 is 5.56 Å². The number of benzene rings is 2. The van der Waals surface area contributed by atoms with Crippen molar-refractivity contribution in [2.45, 2.75) is 39.7 Å². The van der Waals surface area contributed by atoms with E-state index in [0.717, 1.165) is 19.3 Å². The molecule has 1 heterocycles. The van der Waals surface area contributed by atoms with Crippen molar-refractivity contribution in [3.8, 4) is 0 Å². The first-order valence-corrected chi connectivity index (χ1v) is 9.48. The first-order valence-electron chi connectivity index (χ1n) is 9.48. The summed E-state index contributed by atoms with van der Waals surface area (Å²) in [6.45, 7) is 4.90. The fourth-order valence-corrected chi connectivity index (χ4v) is 3.10. The van der Waals surface area contributed by atoms with Gasteiger partial charge in [-0.1, -0.05) is 37.6 Å². The molecule has 1 N–H and O–H groups in total. The Morgan fingerprint density at radius 1 is 1.07 bits per heavy atom. The van der Waals surface area contributed by atoms with Crippen LogP contribution in [0, 0.1) is 0 Å². The van der Waals surface area contributed by atoms with Gasteiger partial charge < -0.3 is 9.88 Å². The zero-order valence-corrected chi connectivity index (χ0v) is 15.9. The second-order valence-electron chi connectivity index (χ2n) is 6.65. The van der Waals surface area contributed by atoms with Crippen LogP contribution in [0.1, 0.15) is 48.4 Å². The van der Waals surface area contributed by atoms with Crippen LogP contribution in [0.4, 0.5) is 0 Å². The molecule has 3 rings (SSSR count). The molecule has 0 radical (unpaired) electrons. The number of fused-ring (bicyclic) bond motifs is 1. The number of para-hydroxylation sites is 1. The Balaban J connectivity index is 1.78. The number of rotatable bonds is 7. The molecule has 0 fully saturated rings. The molecule has 5 heteroatoms. The van der Waals surface area contributed by atoms with Crippen LogP contribution in [-0.2, 0) is 13.0 Å². The van der Waals surface area contributed by atoms with E-state index in [1.54, 1.807) is 17.0 Å². The molecule has 0 aliphatic heterocycles. The van der Waals surface area contributed by atoms with E-state index < -0.39 is 0 Å². The summed E-state index contributed by atoms with van der Waals surface area (Å²) in [6, 6.07) is 15.0. The molecule has 1 amide bonds. The van der Waals surface area contributed by atoms with Gasteiger partial charge in [0, 0.05) is 12.1 Å². The van der Waals surface area contributed by atoms with Gasteiger partial charge in [0.25, 0.3) is 11.5 Å². The monoisotopic (exact) mass is 363 g/mol. The second kappa shape index (κ2) is 8.62. The van der Waals surface area contributed by atoms with Crippen LogP contribution in [0.25, 0.3) is 10.9 Å². The number of nitrogens with one attached hydrogen (secondary N) is 1. The van der Waals surface area contributed by atoms with Gasteiger partial charge in [-0.25, -0.2) is 4.98 Å². The van der Waals surface area contributed by atoms with Crippen LogP contribution in [0.2, 0.25) is 0 Å². The molecule has 0 aliphatic rings. The lowest BCUT2D eigenvalue weighted by Crippen LogP contribution is -2.32. The molecule has 0 bridgehead atoms. The summed E-state index contributed by atoms with van der Waals surface area (Å²) in [7, 11) is 0. The van der Waals surface area contributed by atoms with Gasteiger partial charge >= 0.3 is 0 Å². The molecular weight excluding hydrogens is 338 g/mol. The number of H-pyrrole nitrogens is 1. The average molecular weight is 363 g/mol. The minimum absolute atomic E-state index is 0.0599. The number of aromatic nitrogens is 2. The van der Waals surface area contributed by atoms with E-state index in [0.29, 0.717) is 28.8 Å². The summed E-state index contributed by atoms with van der Waals surface area (Å²) in [5, 5.41) is 0.554. The molecule has 5 nitrogen and oxygen atoms in total. The third-order valence-corrected chi connectivity index (χ3v) is 4.69. The quantitative estimate of drug-likeness (QED) is 0.692. The number of unbranched alkanes of at least 4 members (excludes halogenated alkanes) is 1. The number of aromatic amines is 1. The fourth-order valence-electron chi connectivity index (χ4n) is 3.10. The molecule has 0 atom stereocenters. The molecule has 27 heavy (non-hydrogen) atoms. The highest BCUT2D eigenvalue weighted by atomic mass is 16.2. The predicted molar refractivity (Wildman–Crippen MR) is 108 cm³/mol. The summed E-state index contributed by atoms with van der Waals surface area (Å²) in [6.07, 6.45) is 3.33. The second-order valence-corrected chi connectivity index (χ2v) is 6.65. The van der Waals surface area contributed by atoms with Crippen LogP contribution in [0.15, 0.2) is 53.3 Å². The van der Waals surface area contributed by atoms with Crippen molar-refractivity contribution in [2.75, 3.05) is 6.54 Å². The Kier molecular flexibility index (Phi) is 6.01. The number of carbonyl (C=O) groups excluding carboxylic acids is 1. The molecule has 140 valence electrons. The number of carbonyl (C=O) groups is 1. The van der Waals surface area contributed by atoms with E-state index in [2.05, 4.69) is 16.9 Å². The van der Waals surface area contributed by atoms with Gasteiger partial charge in [0.15, 0.2) is 0 Å². The van der Waals surface area contributed by atoms with Gasteiger partial charge in [0.1, 0.15) is 5.82 Å². The number of hydrogen-bond donors (Lipinski definition) is 1. The minimum atomic E-state index is -0.181. The van der Waals surface area contributed by atoms with Gasteiger partial charge in [-0.15, -0.1) is 0 Å². The normalized spacial score (nSPS) is 10.9. The first kappa shape index (κ1) is 18.8. The number of aryl methyl sites for hydroxylation is 1. The van der Waals surface area contributed by atoms with Crippen molar-refractivity contribution in [1.29, 1.82) is 0 Å². The standard InChI is InChI=1S/C22H25N3O2/c1-3-5-8-16-11-13-17(14-12-16)22(27)25(4-2)15-20-23-19-10-7-6-9-18(19)21(26)24-20/h6-7,9-14H,3-5,8,15H2,1-2H3,(H,23,24,26). The van der Waals surface area contributed by atoms with Crippen molar-refractivity contribution in [2.24, 2.45) is 0 Å². The van der Waals surface area contributed by atoms with Crippen LogP contribution in [0.5, 0.6) is 0 Å². The van der Waals surface area contributed by atoms with Gasteiger partial charge in [-0.05, 0) is 49.6 Å². The lowest BCUT2D eigenvalue weighted by Gasteiger charge is -2.20. The summed E-state index contributed by atoms with van der Waals surface area (Å²) in [5.41, 5.74) is 2.36. The largest absolute Gasteiger partial charge is 0.331 e. The maximum atomic E-state index is 12.9. The Labute approximate surface area is 159 Å². The fraction of sp³-hybridized carbons (Fsp3) is 0.318.